The minimum atomic E-state index is 0. The molecule has 2 rings (SSSR count). The minimum Gasteiger partial charge on any atom is -0.307 e. The smallest absolute Gasteiger partial charge is 0.0804 e. The van der Waals surface area contributed by atoms with Crippen molar-refractivity contribution >= 4 is 12.4 Å². The summed E-state index contributed by atoms with van der Waals surface area (Å²) in [7, 11) is 0. The standard InChI is InChI=1S/C5H7N3.ClH/c1-4-2-7-8-5(4)3-6-1;/h2,6H,1,3H2,(H,7,8);1H. The maximum Gasteiger partial charge on any atom is 0.0804 e. The maximum absolute atomic E-state index is 4.01. The second-order valence-electron chi connectivity index (χ2n) is 1.96. The number of nitrogens with zero attached hydrogens (tertiary/aromatic N) is 1. The van der Waals surface area contributed by atoms with Crippen LogP contribution in [-0.2, 0) is 13.1 Å². The molecule has 0 aliphatic carbocycles. The third kappa shape index (κ3) is 0.930. The summed E-state index contributed by atoms with van der Waals surface area (Å²) in [6.07, 6.45) is 1.94. The summed E-state index contributed by atoms with van der Waals surface area (Å²) in [6, 6.07) is 0. The Bertz CT molecular complexity index is 177. The van der Waals surface area contributed by atoms with Crippen molar-refractivity contribution in [2.45, 2.75) is 13.1 Å². The van der Waals surface area contributed by atoms with Crippen LogP contribution in [0.25, 0.3) is 0 Å². The van der Waals surface area contributed by atoms with Crippen molar-refractivity contribution in [3.63, 3.8) is 0 Å². The molecule has 2 N–H and O–H groups in total. The molecule has 1 aliphatic heterocycles. The number of aromatic nitrogens is 2. The van der Waals surface area contributed by atoms with E-state index >= 15 is 0 Å². The molecule has 0 radical (unpaired) electrons. The van der Waals surface area contributed by atoms with Gasteiger partial charge in [0.15, 0.2) is 0 Å². The average Bonchev–Trinajstić information content (AvgIpc) is 2.15. The van der Waals surface area contributed by atoms with Gasteiger partial charge in [0.1, 0.15) is 0 Å². The van der Waals surface area contributed by atoms with E-state index in [1.807, 2.05) is 6.20 Å². The van der Waals surface area contributed by atoms with Crippen LogP contribution in [0.4, 0.5) is 0 Å². The van der Waals surface area contributed by atoms with Crippen molar-refractivity contribution in [2.75, 3.05) is 0 Å². The summed E-state index contributed by atoms with van der Waals surface area (Å²) >= 11 is 0. The molecule has 2 heterocycles. The molecule has 3 nitrogen and oxygen atoms in total. The molecule has 0 saturated heterocycles. The lowest BCUT2D eigenvalue weighted by Crippen LogP contribution is -2.01. The van der Waals surface area contributed by atoms with Crippen molar-refractivity contribution in [1.29, 1.82) is 0 Å². The largest absolute Gasteiger partial charge is 0.307 e. The fourth-order valence-electron chi connectivity index (χ4n) is 0.965. The molecule has 0 bridgehead atoms. The van der Waals surface area contributed by atoms with Gasteiger partial charge in [0, 0.05) is 24.8 Å². The highest BCUT2D eigenvalue weighted by Gasteiger charge is 2.10. The third-order valence-electron chi connectivity index (χ3n) is 1.42. The van der Waals surface area contributed by atoms with E-state index in [-0.39, 0.29) is 12.4 Å². The number of hydrogen-bond acceptors (Lipinski definition) is 2. The number of nitrogens with one attached hydrogen (secondary N) is 2. The molecule has 0 saturated carbocycles. The van der Waals surface area contributed by atoms with Crippen molar-refractivity contribution in [2.24, 2.45) is 0 Å². The van der Waals surface area contributed by atoms with Gasteiger partial charge < -0.3 is 5.32 Å². The molecular weight excluding hydrogens is 138 g/mol. The first-order chi connectivity index (χ1) is 3.97. The lowest BCUT2D eigenvalue weighted by Gasteiger charge is -1.82. The molecule has 4 heteroatoms. The van der Waals surface area contributed by atoms with E-state index in [1.54, 1.807) is 0 Å². The van der Waals surface area contributed by atoms with Gasteiger partial charge in [-0.1, -0.05) is 0 Å². The van der Waals surface area contributed by atoms with Crippen molar-refractivity contribution in [1.82, 2.24) is 15.5 Å². The number of H-pyrrole nitrogens is 1. The zero-order valence-electron chi connectivity index (χ0n) is 4.85. The molecular formula is C5H8ClN3. The molecule has 0 fully saturated rings. The maximum atomic E-state index is 4.01. The molecule has 0 unspecified atom stereocenters. The molecule has 0 spiro atoms. The molecule has 1 aromatic heterocycles. The Hall–Kier alpha value is -0.540. The SMILES string of the molecule is Cl.c1[nH]nc2c1CNC2. The normalized spacial score (nSPS) is 14.7. The highest BCUT2D eigenvalue weighted by molar-refractivity contribution is 5.85. The lowest BCUT2D eigenvalue weighted by molar-refractivity contribution is 0.742. The summed E-state index contributed by atoms with van der Waals surface area (Å²) in [5, 5.41) is 10.0. The van der Waals surface area contributed by atoms with E-state index in [9.17, 15) is 0 Å². The van der Waals surface area contributed by atoms with Crippen LogP contribution in [0.1, 0.15) is 11.3 Å². The van der Waals surface area contributed by atoms with E-state index in [2.05, 4.69) is 15.5 Å². The first-order valence-corrected chi connectivity index (χ1v) is 2.69. The number of aromatic amines is 1. The van der Waals surface area contributed by atoms with Gasteiger partial charge in [0.05, 0.1) is 5.69 Å². The molecule has 0 aromatic carbocycles. The lowest BCUT2D eigenvalue weighted by atomic mass is 10.3. The van der Waals surface area contributed by atoms with Crippen LogP contribution < -0.4 is 5.32 Å². The van der Waals surface area contributed by atoms with Gasteiger partial charge in [-0.3, -0.25) is 5.10 Å². The Balaban J connectivity index is 0.000000405. The molecule has 9 heavy (non-hydrogen) atoms. The Morgan fingerprint density at radius 1 is 1.44 bits per heavy atom. The van der Waals surface area contributed by atoms with Crippen LogP contribution in [0.5, 0.6) is 0 Å². The fourth-order valence-corrected chi connectivity index (χ4v) is 0.965. The molecule has 1 aliphatic rings. The van der Waals surface area contributed by atoms with Crippen molar-refractivity contribution in [3.8, 4) is 0 Å². The molecule has 1 aromatic rings. The summed E-state index contributed by atoms with van der Waals surface area (Å²) in [5.74, 6) is 0. The first kappa shape index (κ1) is 6.58. The quantitative estimate of drug-likeness (QED) is 0.556. The predicted octanol–water partition coefficient (Wildman–Crippen LogP) is 0.435. The topological polar surface area (TPSA) is 40.7 Å². The Labute approximate surface area is 59.3 Å². The number of halogens is 1. The van der Waals surface area contributed by atoms with Crippen LogP contribution in [0, 0.1) is 0 Å². The summed E-state index contributed by atoms with van der Waals surface area (Å²) in [5.41, 5.74) is 2.48. The average molecular weight is 146 g/mol. The molecule has 50 valence electrons. The van der Waals surface area contributed by atoms with Gasteiger partial charge >= 0.3 is 0 Å². The van der Waals surface area contributed by atoms with Gasteiger partial charge in [-0.15, -0.1) is 12.4 Å². The number of fused-ring (bicyclic) bond motifs is 1. The van der Waals surface area contributed by atoms with E-state index < -0.39 is 0 Å². The Morgan fingerprint density at radius 3 is 3.11 bits per heavy atom. The zero-order chi connectivity index (χ0) is 5.40. The second kappa shape index (κ2) is 2.37. The highest BCUT2D eigenvalue weighted by atomic mass is 35.5. The molecule has 0 amide bonds. The van der Waals surface area contributed by atoms with Gasteiger partial charge in [-0.05, 0) is 0 Å². The van der Waals surface area contributed by atoms with Gasteiger partial charge in [0.2, 0.25) is 0 Å². The Kier molecular flexibility index (Phi) is 1.73. The van der Waals surface area contributed by atoms with Gasteiger partial charge in [-0.25, -0.2) is 0 Å². The third-order valence-corrected chi connectivity index (χ3v) is 1.42. The van der Waals surface area contributed by atoms with Crippen LogP contribution in [0.15, 0.2) is 6.20 Å². The van der Waals surface area contributed by atoms with E-state index in [4.69, 9.17) is 0 Å². The second-order valence-corrected chi connectivity index (χ2v) is 1.96. The van der Waals surface area contributed by atoms with Crippen LogP contribution in [0.2, 0.25) is 0 Å². The summed E-state index contributed by atoms with van der Waals surface area (Å²) in [4.78, 5) is 0. The van der Waals surface area contributed by atoms with Gasteiger partial charge in [0.25, 0.3) is 0 Å². The number of hydrogen-bond donors (Lipinski definition) is 2. The minimum absolute atomic E-state index is 0. The predicted molar refractivity (Wildman–Crippen MR) is 36.4 cm³/mol. The monoisotopic (exact) mass is 145 g/mol. The Morgan fingerprint density at radius 2 is 2.33 bits per heavy atom. The van der Waals surface area contributed by atoms with Gasteiger partial charge in [-0.2, -0.15) is 5.10 Å². The van der Waals surface area contributed by atoms with Crippen molar-refractivity contribution in [3.05, 3.63) is 17.5 Å². The van der Waals surface area contributed by atoms with Crippen molar-refractivity contribution < 1.29 is 0 Å². The van der Waals surface area contributed by atoms with Crippen LogP contribution >= 0.6 is 12.4 Å². The zero-order valence-corrected chi connectivity index (χ0v) is 5.66. The van der Waals surface area contributed by atoms with Crippen LogP contribution in [0.3, 0.4) is 0 Å². The van der Waals surface area contributed by atoms with E-state index in [0.717, 1.165) is 13.1 Å². The van der Waals surface area contributed by atoms with E-state index in [1.165, 1.54) is 11.3 Å². The molecule has 0 atom stereocenters. The summed E-state index contributed by atoms with van der Waals surface area (Å²) < 4.78 is 0. The fraction of sp³-hybridized carbons (Fsp3) is 0.400. The number of rotatable bonds is 0. The van der Waals surface area contributed by atoms with Crippen LogP contribution in [-0.4, -0.2) is 10.2 Å². The first-order valence-electron chi connectivity index (χ1n) is 2.69. The highest BCUT2D eigenvalue weighted by Crippen LogP contribution is 2.08. The van der Waals surface area contributed by atoms with E-state index in [0.29, 0.717) is 0 Å². The summed E-state index contributed by atoms with van der Waals surface area (Å²) in [6.45, 7) is 1.91.